The molecule has 4 nitrogen and oxygen atoms in total. The summed E-state index contributed by atoms with van der Waals surface area (Å²) in [6, 6.07) is 5.90. The van der Waals surface area contributed by atoms with Crippen LogP contribution in [-0.2, 0) is 13.1 Å². The van der Waals surface area contributed by atoms with Crippen LogP contribution in [0.4, 0.5) is 0 Å². The molecule has 0 radical (unpaired) electrons. The molecule has 16 heavy (non-hydrogen) atoms. The van der Waals surface area contributed by atoms with Crippen LogP contribution in [-0.4, -0.2) is 14.8 Å². The third-order valence-electron chi connectivity index (χ3n) is 2.20. The highest BCUT2D eigenvalue weighted by Gasteiger charge is 1.96. The normalized spacial score (nSPS) is 10.2. The highest BCUT2D eigenvalue weighted by atomic mass is 15.2. The second-order valence-corrected chi connectivity index (χ2v) is 3.44. The van der Waals surface area contributed by atoms with Crippen LogP contribution in [0.15, 0.2) is 43.4 Å². The first-order valence-electron chi connectivity index (χ1n) is 5.14. The van der Waals surface area contributed by atoms with Crippen molar-refractivity contribution in [3.05, 3.63) is 54.6 Å². The minimum Gasteiger partial charge on any atom is -0.307 e. The Kier molecular flexibility index (Phi) is 3.46. The van der Waals surface area contributed by atoms with Crippen LogP contribution in [0, 0.1) is 0 Å². The topological polar surface area (TPSA) is 42.7 Å². The quantitative estimate of drug-likeness (QED) is 0.823. The van der Waals surface area contributed by atoms with E-state index in [1.54, 1.807) is 17.1 Å². The van der Waals surface area contributed by atoms with Crippen molar-refractivity contribution in [3.8, 4) is 0 Å². The molecule has 0 saturated carbocycles. The Balaban J connectivity index is 1.82. The van der Waals surface area contributed by atoms with Gasteiger partial charge in [0.1, 0.15) is 0 Å². The lowest BCUT2D eigenvalue weighted by atomic mass is 10.3. The molecule has 2 rings (SSSR count). The second kappa shape index (κ2) is 5.23. The van der Waals surface area contributed by atoms with Crippen LogP contribution in [0.25, 0.3) is 6.20 Å². The molecule has 0 aliphatic rings. The molecule has 0 amide bonds. The second-order valence-electron chi connectivity index (χ2n) is 3.44. The van der Waals surface area contributed by atoms with E-state index in [-0.39, 0.29) is 0 Å². The number of rotatable bonds is 5. The van der Waals surface area contributed by atoms with Crippen molar-refractivity contribution >= 4 is 6.20 Å². The average molecular weight is 214 g/mol. The van der Waals surface area contributed by atoms with Gasteiger partial charge in [-0.3, -0.25) is 4.98 Å². The van der Waals surface area contributed by atoms with Gasteiger partial charge in [0.2, 0.25) is 0 Å². The van der Waals surface area contributed by atoms with Gasteiger partial charge in [-0.05, 0) is 12.1 Å². The Morgan fingerprint density at radius 1 is 1.38 bits per heavy atom. The van der Waals surface area contributed by atoms with E-state index in [0.717, 1.165) is 24.3 Å². The van der Waals surface area contributed by atoms with Gasteiger partial charge in [0.25, 0.3) is 0 Å². The molecule has 0 saturated heterocycles. The third-order valence-corrected chi connectivity index (χ3v) is 2.20. The summed E-state index contributed by atoms with van der Waals surface area (Å²) in [5, 5.41) is 7.41. The van der Waals surface area contributed by atoms with Gasteiger partial charge >= 0.3 is 0 Å². The number of hydrogen-bond acceptors (Lipinski definition) is 3. The fraction of sp³-hybridized carbons (Fsp3) is 0.167. The monoisotopic (exact) mass is 214 g/mol. The first-order valence-corrected chi connectivity index (χ1v) is 5.14. The number of pyridine rings is 1. The van der Waals surface area contributed by atoms with E-state index >= 15 is 0 Å². The molecule has 0 bridgehead atoms. The molecule has 0 unspecified atom stereocenters. The van der Waals surface area contributed by atoms with Gasteiger partial charge in [-0.1, -0.05) is 12.6 Å². The first kappa shape index (κ1) is 10.6. The summed E-state index contributed by atoms with van der Waals surface area (Å²) in [6.07, 6.45) is 7.24. The maximum atomic E-state index is 4.23. The van der Waals surface area contributed by atoms with Crippen molar-refractivity contribution < 1.29 is 0 Å². The molecule has 1 N–H and O–H groups in total. The standard InChI is InChI=1S/C12H14N4/c1-2-16-10-11(8-15-16)7-13-9-12-5-3-4-6-14-12/h2-6,8,10,13H,1,7,9H2. The van der Waals surface area contributed by atoms with Gasteiger partial charge in [-0.2, -0.15) is 5.10 Å². The van der Waals surface area contributed by atoms with E-state index < -0.39 is 0 Å². The van der Waals surface area contributed by atoms with Crippen LogP contribution >= 0.6 is 0 Å². The Labute approximate surface area is 94.6 Å². The summed E-state index contributed by atoms with van der Waals surface area (Å²) in [7, 11) is 0. The van der Waals surface area contributed by atoms with Crippen molar-refractivity contribution in [3.63, 3.8) is 0 Å². The Bertz CT molecular complexity index is 447. The predicted octanol–water partition coefficient (Wildman–Crippen LogP) is 1.67. The zero-order valence-electron chi connectivity index (χ0n) is 9.00. The SMILES string of the molecule is C=Cn1cc(CNCc2ccccn2)cn1. The minimum atomic E-state index is 0.764. The summed E-state index contributed by atoms with van der Waals surface area (Å²) >= 11 is 0. The number of nitrogens with zero attached hydrogens (tertiary/aromatic N) is 3. The molecule has 4 heteroatoms. The molecule has 2 aromatic rings. The molecule has 2 aromatic heterocycles. The lowest BCUT2D eigenvalue weighted by Crippen LogP contribution is -2.13. The third kappa shape index (κ3) is 2.77. The Morgan fingerprint density at radius 2 is 2.31 bits per heavy atom. The Morgan fingerprint density at radius 3 is 3.00 bits per heavy atom. The summed E-state index contributed by atoms with van der Waals surface area (Å²) in [4.78, 5) is 4.23. The van der Waals surface area contributed by atoms with Gasteiger partial charge in [0.05, 0.1) is 11.9 Å². The van der Waals surface area contributed by atoms with E-state index in [1.807, 2.05) is 30.6 Å². The molecule has 0 spiro atoms. The lowest BCUT2D eigenvalue weighted by molar-refractivity contribution is 0.680. The van der Waals surface area contributed by atoms with Crippen LogP contribution in [0.3, 0.4) is 0 Å². The van der Waals surface area contributed by atoms with Crippen LogP contribution < -0.4 is 5.32 Å². The largest absolute Gasteiger partial charge is 0.307 e. The number of aromatic nitrogens is 3. The van der Waals surface area contributed by atoms with Gasteiger partial charge < -0.3 is 5.32 Å². The van der Waals surface area contributed by atoms with Crippen LogP contribution in [0.2, 0.25) is 0 Å². The van der Waals surface area contributed by atoms with Gasteiger partial charge in [0, 0.05) is 37.2 Å². The van der Waals surface area contributed by atoms with E-state index in [2.05, 4.69) is 22.0 Å². The van der Waals surface area contributed by atoms with Crippen molar-refractivity contribution in [2.75, 3.05) is 0 Å². The first-order chi connectivity index (χ1) is 7.88. The molecule has 0 aromatic carbocycles. The molecule has 2 heterocycles. The van der Waals surface area contributed by atoms with Crippen molar-refractivity contribution in [2.45, 2.75) is 13.1 Å². The van der Waals surface area contributed by atoms with Crippen molar-refractivity contribution in [1.29, 1.82) is 0 Å². The molecule has 0 aliphatic heterocycles. The molecule has 0 atom stereocenters. The van der Waals surface area contributed by atoms with E-state index in [4.69, 9.17) is 0 Å². The van der Waals surface area contributed by atoms with Gasteiger partial charge in [-0.25, -0.2) is 4.68 Å². The summed E-state index contributed by atoms with van der Waals surface area (Å²) in [6.45, 7) is 5.19. The number of nitrogens with one attached hydrogen (secondary N) is 1. The smallest absolute Gasteiger partial charge is 0.0541 e. The average Bonchev–Trinajstić information content (AvgIpc) is 2.78. The van der Waals surface area contributed by atoms with E-state index in [9.17, 15) is 0 Å². The molecular weight excluding hydrogens is 200 g/mol. The highest BCUT2D eigenvalue weighted by Crippen LogP contribution is 1.98. The zero-order valence-corrected chi connectivity index (χ0v) is 9.00. The molecular formula is C12H14N4. The molecule has 0 aliphatic carbocycles. The summed E-state index contributed by atoms with van der Waals surface area (Å²) < 4.78 is 1.69. The summed E-state index contributed by atoms with van der Waals surface area (Å²) in [5.74, 6) is 0. The van der Waals surface area contributed by atoms with Gasteiger partial charge in [-0.15, -0.1) is 0 Å². The maximum absolute atomic E-state index is 4.23. The fourth-order valence-corrected chi connectivity index (χ4v) is 1.41. The lowest BCUT2D eigenvalue weighted by Gasteiger charge is -2.01. The number of hydrogen-bond donors (Lipinski definition) is 1. The van der Waals surface area contributed by atoms with Crippen LogP contribution in [0.5, 0.6) is 0 Å². The minimum absolute atomic E-state index is 0.764. The highest BCUT2D eigenvalue weighted by molar-refractivity contribution is 5.17. The van der Waals surface area contributed by atoms with E-state index in [1.165, 1.54) is 0 Å². The fourth-order valence-electron chi connectivity index (χ4n) is 1.41. The van der Waals surface area contributed by atoms with E-state index in [0.29, 0.717) is 0 Å². The van der Waals surface area contributed by atoms with Gasteiger partial charge in [0.15, 0.2) is 0 Å². The van der Waals surface area contributed by atoms with Crippen molar-refractivity contribution in [2.24, 2.45) is 0 Å². The molecule has 82 valence electrons. The molecule has 0 fully saturated rings. The van der Waals surface area contributed by atoms with Crippen molar-refractivity contribution in [1.82, 2.24) is 20.1 Å². The predicted molar refractivity (Wildman–Crippen MR) is 63.4 cm³/mol. The Hall–Kier alpha value is -1.94. The maximum Gasteiger partial charge on any atom is 0.0541 e. The summed E-state index contributed by atoms with van der Waals surface area (Å²) in [5.41, 5.74) is 2.18. The van der Waals surface area contributed by atoms with Crippen LogP contribution in [0.1, 0.15) is 11.3 Å². The zero-order chi connectivity index (χ0) is 11.2.